The number of hydrogen-bond acceptors (Lipinski definition) is 1. The van der Waals surface area contributed by atoms with Crippen molar-refractivity contribution >= 4 is 16.6 Å². The van der Waals surface area contributed by atoms with Crippen molar-refractivity contribution in [1.82, 2.24) is 14.1 Å². The normalized spacial score (nSPS) is 11.8. The van der Waals surface area contributed by atoms with E-state index in [4.69, 9.17) is 10.3 Å². The number of aryl methyl sites for hydroxylation is 1. The van der Waals surface area contributed by atoms with Crippen LogP contribution in [0.15, 0.2) is 91.1 Å². The second-order valence-electron chi connectivity index (χ2n) is 15.5. The summed E-state index contributed by atoms with van der Waals surface area (Å²) in [6, 6.07) is 33.9. The zero-order chi connectivity index (χ0) is 35.9. The van der Waals surface area contributed by atoms with Crippen LogP contribution in [-0.2, 0) is 32.9 Å². The average Bonchev–Trinajstić information content (AvgIpc) is 3.66. The third kappa shape index (κ3) is 9.05. The fourth-order valence-electron chi connectivity index (χ4n) is 7.34. The molecule has 2 aromatic heterocycles. The Morgan fingerprint density at radius 3 is 1.70 bits per heavy atom. The van der Waals surface area contributed by atoms with E-state index in [0.29, 0.717) is 29.6 Å². The van der Waals surface area contributed by atoms with Gasteiger partial charge in [0.2, 0.25) is 0 Å². The molecule has 0 aliphatic rings. The maximum Gasteiger partial charge on any atom is 4.00 e. The first-order valence-electron chi connectivity index (χ1n) is 18.5. The van der Waals surface area contributed by atoms with Crippen LogP contribution in [0.25, 0.3) is 33.3 Å². The summed E-state index contributed by atoms with van der Waals surface area (Å²) in [5.74, 6) is 3.53. The van der Waals surface area contributed by atoms with Crippen molar-refractivity contribution in [2.24, 2.45) is 7.05 Å². The van der Waals surface area contributed by atoms with Crippen LogP contribution in [0, 0.1) is 28.3 Å². The van der Waals surface area contributed by atoms with Crippen molar-refractivity contribution in [3.63, 3.8) is 0 Å². The molecule has 0 aliphatic carbocycles. The molecule has 54 heavy (non-hydrogen) atoms. The van der Waals surface area contributed by atoms with Crippen molar-refractivity contribution < 1.29 is 25.8 Å². The summed E-state index contributed by atoms with van der Waals surface area (Å²) in [6.45, 7) is 23.0. The van der Waals surface area contributed by atoms with E-state index in [0.717, 1.165) is 39.5 Å². The molecule has 0 fully saturated rings. The van der Waals surface area contributed by atoms with E-state index in [2.05, 4.69) is 177 Å². The monoisotopic (exact) mass is 887 g/mol. The summed E-state index contributed by atoms with van der Waals surface area (Å²) >= 11 is 0. The van der Waals surface area contributed by atoms with Crippen LogP contribution in [0.5, 0.6) is 0 Å². The van der Waals surface area contributed by atoms with Gasteiger partial charge in [0.1, 0.15) is 5.82 Å². The quantitative estimate of drug-likeness (QED) is 0.0943. The zero-order valence-corrected chi connectivity index (χ0v) is 39.0. The molecule has 5 heteroatoms. The van der Waals surface area contributed by atoms with E-state index in [1.807, 2.05) is 6.07 Å². The SMILES string of the molecule is CC(C)c1cc(C(C)C)c(C([N-]c2c(C(C)C)cccc2C(C)C)c2nc(-n3c(-c4ccccc4)cc4ccc[c-]c43)cn2C)c(C(C)C)c1.[CH3-].[CH3-].[CH3-].[Hf+4]. The van der Waals surface area contributed by atoms with Crippen LogP contribution in [-0.4, -0.2) is 14.1 Å². The molecule has 1 atom stereocenters. The van der Waals surface area contributed by atoms with E-state index >= 15 is 0 Å². The van der Waals surface area contributed by atoms with Crippen LogP contribution in [0.1, 0.15) is 144 Å². The van der Waals surface area contributed by atoms with Crippen LogP contribution in [0.4, 0.5) is 5.69 Å². The Labute approximate surface area is 347 Å². The van der Waals surface area contributed by atoms with Gasteiger partial charge in [0.15, 0.2) is 5.82 Å². The van der Waals surface area contributed by atoms with Gasteiger partial charge in [0.25, 0.3) is 0 Å². The van der Waals surface area contributed by atoms with Gasteiger partial charge >= 0.3 is 25.8 Å². The first-order chi connectivity index (χ1) is 23.9. The second-order valence-corrected chi connectivity index (χ2v) is 15.5. The molecular formula is C49H63HfN4-. The van der Waals surface area contributed by atoms with Crippen molar-refractivity contribution in [1.29, 1.82) is 0 Å². The molecule has 0 radical (unpaired) electrons. The fraction of sp³-hybridized carbons (Fsp3) is 0.347. The summed E-state index contributed by atoms with van der Waals surface area (Å²) < 4.78 is 4.48. The molecule has 0 N–H and O–H groups in total. The van der Waals surface area contributed by atoms with Crippen molar-refractivity contribution in [2.45, 2.75) is 105 Å². The van der Waals surface area contributed by atoms with Crippen LogP contribution >= 0.6 is 0 Å². The largest absolute Gasteiger partial charge is 4.00 e. The van der Waals surface area contributed by atoms with Crippen molar-refractivity contribution in [3.05, 3.63) is 164 Å². The van der Waals surface area contributed by atoms with Crippen molar-refractivity contribution in [2.75, 3.05) is 0 Å². The number of benzene rings is 4. The Hall–Kier alpha value is -3.70. The van der Waals surface area contributed by atoms with Gasteiger partial charge in [-0.05, 0) is 63.4 Å². The molecule has 6 rings (SSSR count). The Kier molecular flexibility index (Phi) is 16.6. The topological polar surface area (TPSA) is 36.9 Å². The minimum atomic E-state index is -0.312. The molecule has 6 aromatic rings. The zero-order valence-electron chi connectivity index (χ0n) is 35.4. The molecule has 0 spiro atoms. The van der Waals surface area contributed by atoms with Gasteiger partial charge < -0.3 is 36.7 Å². The number of aromatic nitrogens is 3. The van der Waals surface area contributed by atoms with Gasteiger partial charge in [-0.1, -0.05) is 153 Å². The molecule has 0 saturated carbocycles. The second kappa shape index (κ2) is 19.2. The number of para-hydroxylation sites is 2. The molecule has 4 nitrogen and oxygen atoms in total. The number of rotatable bonds is 11. The predicted molar refractivity (Wildman–Crippen MR) is 232 cm³/mol. The molecule has 1 unspecified atom stereocenters. The maximum atomic E-state index is 5.90. The first kappa shape index (κ1) is 46.5. The number of nitrogens with zero attached hydrogens (tertiary/aromatic N) is 4. The van der Waals surface area contributed by atoms with E-state index in [9.17, 15) is 0 Å². The molecule has 2 heterocycles. The molecule has 0 amide bonds. The summed E-state index contributed by atoms with van der Waals surface area (Å²) in [7, 11) is 2.14. The van der Waals surface area contributed by atoms with Gasteiger partial charge in [0, 0.05) is 18.9 Å². The third-order valence-corrected chi connectivity index (χ3v) is 10.1. The first-order valence-corrected chi connectivity index (χ1v) is 18.5. The summed E-state index contributed by atoms with van der Waals surface area (Å²) in [4.78, 5) is 5.58. The Morgan fingerprint density at radius 2 is 1.19 bits per heavy atom. The van der Waals surface area contributed by atoms with Gasteiger partial charge in [-0.2, -0.15) is 24.3 Å². The van der Waals surface area contributed by atoms with E-state index in [1.165, 1.54) is 33.4 Å². The number of fused-ring (bicyclic) bond motifs is 1. The summed E-state index contributed by atoms with van der Waals surface area (Å²) in [6.07, 6.45) is 2.18. The fourth-order valence-corrected chi connectivity index (χ4v) is 7.34. The van der Waals surface area contributed by atoms with Gasteiger partial charge in [-0.15, -0.1) is 11.1 Å². The minimum absolute atomic E-state index is 0. The van der Waals surface area contributed by atoms with Gasteiger partial charge in [0.05, 0.1) is 0 Å². The Morgan fingerprint density at radius 1 is 0.630 bits per heavy atom. The maximum absolute atomic E-state index is 5.90. The predicted octanol–water partition coefficient (Wildman–Crippen LogP) is 14.6. The number of imidazole rings is 1. The van der Waals surface area contributed by atoms with E-state index in [-0.39, 0.29) is 54.2 Å². The minimum Gasteiger partial charge on any atom is -0.671 e. The van der Waals surface area contributed by atoms with Crippen LogP contribution < -0.4 is 0 Å². The summed E-state index contributed by atoms with van der Waals surface area (Å²) in [5, 5.41) is 7.04. The molecule has 0 bridgehead atoms. The standard InChI is InChI=1S/C46H54N4.3CH3.Hf/c1-28(2)35-24-38(31(7)8)43(39(25-35)32(9)10)45(48-44-36(29(3)4)21-17-22-37(44)30(5)6)46-47-42(27-49(46)11)50-40-23-16-15-20-34(40)26-41(50)33-18-13-12-14-19-33;;;;/h12-22,24-32,45H,1-11H3;3*1H3;/q-2;3*-1;+4. The van der Waals surface area contributed by atoms with Crippen LogP contribution in [0.2, 0.25) is 0 Å². The third-order valence-electron chi connectivity index (χ3n) is 10.1. The summed E-state index contributed by atoms with van der Waals surface area (Å²) in [5.41, 5.74) is 12.3. The molecule has 284 valence electrons. The van der Waals surface area contributed by atoms with E-state index < -0.39 is 0 Å². The van der Waals surface area contributed by atoms with Crippen molar-refractivity contribution in [3.8, 4) is 17.1 Å². The van der Waals surface area contributed by atoms with Gasteiger partial charge in [-0.3, -0.25) is 0 Å². The smallest absolute Gasteiger partial charge is 0.671 e. The average molecular weight is 887 g/mol. The Bertz CT molecular complexity index is 2040. The van der Waals surface area contributed by atoms with E-state index in [1.54, 1.807) is 0 Å². The molecule has 0 saturated heterocycles. The van der Waals surface area contributed by atoms with Crippen LogP contribution in [0.3, 0.4) is 0 Å². The van der Waals surface area contributed by atoms with Gasteiger partial charge in [-0.25, -0.2) is 4.98 Å². The Balaban J connectivity index is 0.00000252. The molecule has 4 aromatic carbocycles. The molecular weight excluding hydrogens is 823 g/mol. The molecule has 0 aliphatic heterocycles. The number of hydrogen-bond donors (Lipinski definition) is 0.